The highest BCUT2D eigenvalue weighted by atomic mass is 16.5. The fourth-order valence-corrected chi connectivity index (χ4v) is 4.98. The molecule has 2 amide bonds. The zero-order valence-corrected chi connectivity index (χ0v) is 23.3. The number of methoxy groups -OCH3 is 2. The largest absolute Gasteiger partial charge is 0.497 e. The quantitative estimate of drug-likeness (QED) is 0.460. The smallest absolute Gasteiger partial charge is 0.251 e. The van der Waals surface area contributed by atoms with Crippen LogP contribution in [0.25, 0.3) is 0 Å². The zero-order chi connectivity index (χ0) is 28.2. The summed E-state index contributed by atoms with van der Waals surface area (Å²) in [6.45, 7) is 2.39. The van der Waals surface area contributed by atoms with Crippen molar-refractivity contribution in [3.63, 3.8) is 0 Å². The molecule has 3 aromatic rings. The van der Waals surface area contributed by atoms with Gasteiger partial charge >= 0.3 is 0 Å². The molecule has 1 saturated heterocycles. The van der Waals surface area contributed by atoms with E-state index >= 15 is 0 Å². The minimum atomic E-state index is -0.123. The van der Waals surface area contributed by atoms with Crippen molar-refractivity contribution in [3.05, 3.63) is 54.2 Å². The van der Waals surface area contributed by atoms with Gasteiger partial charge in [0.15, 0.2) is 5.82 Å². The number of hydrogen-bond donors (Lipinski definition) is 2. The van der Waals surface area contributed by atoms with E-state index in [1.165, 1.54) is 0 Å². The second-order valence-electron chi connectivity index (χ2n) is 10.0. The van der Waals surface area contributed by atoms with E-state index in [-0.39, 0.29) is 17.9 Å². The molecule has 5 rings (SSSR count). The molecule has 0 spiro atoms. The van der Waals surface area contributed by atoms with Crippen molar-refractivity contribution in [1.82, 2.24) is 20.2 Å². The summed E-state index contributed by atoms with van der Waals surface area (Å²) in [5, 5.41) is 6.37. The second-order valence-corrected chi connectivity index (χ2v) is 10.0. The van der Waals surface area contributed by atoms with Gasteiger partial charge in [0, 0.05) is 43.4 Å². The zero-order valence-electron chi connectivity index (χ0n) is 23.3. The number of anilines is 5. The predicted molar refractivity (Wildman–Crippen MR) is 154 cm³/mol. The van der Waals surface area contributed by atoms with Crippen LogP contribution in [0.15, 0.2) is 48.7 Å². The lowest BCUT2D eigenvalue weighted by molar-refractivity contribution is -0.118. The summed E-state index contributed by atoms with van der Waals surface area (Å²) in [6.07, 6.45) is 3.82. The normalized spacial score (nSPS) is 16.2. The Morgan fingerprint density at radius 1 is 1.02 bits per heavy atom. The van der Waals surface area contributed by atoms with Crippen LogP contribution < -0.4 is 29.9 Å². The standard InChI is InChI=1S/C29H35N7O4/c1-34-13-10-20(11-14-34)31-28(38)19-8-9-23(25(16-19)40-4)32-29-30-18-24-27(33-29)36(15-12-26(37)35(24)2)21-6-5-7-22(17-21)39-3/h5-9,16-18,20H,10-15H2,1-4H3,(H,31,38)(H,30,32,33). The number of carbonyl (C=O) groups is 2. The van der Waals surface area contributed by atoms with Gasteiger partial charge in [-0.1, -0.05) is 6.07 Å². The molecular formula is C29H35N7O4. The maximum Gasteiger partial charge on any atom is 0.251 e. The van der Waals surface area contributed by atoms with Gasteiger partial charge in [0.25, 0.3) is 5.91 Å². The van der Waals surface area contributed by atoms with Gasteiger partial charge in [-0.05, 0) is 63.3 Å². The van der Waals surface area contributed by atoms with Gasteiger partial charge in [0.2, 0.25) is 11.9 Å². The molecule has 0 aliphatic carbocycles. The molecule has 40 heavy (non-hydrogen) atoms. The van der Waals surface area contributed by atoms with Crippen molar-refractivity contribution in [2.45, 2.75) is 25.3 Å². The average Bonchev–Trinajstić information content (AvgIpc) is 3.10. The molecule has 2 aliphatic rings. The second kappa shape index (κ2) is 11.8. The molecule has 1 aromatic heterocycles. The Morgan fingerprint density at radius 2 is 1.82 bits per heavy atom. The minimum absolute atomic E-state index is 0.0215. The summed E-state index contributed by atoms with van der Waals surface area (Å²) >= 11 is 0. The maximum absolute atomic E-state index is 12.9. The van der Waals surface area contributed by atoms with E-state index in [1.54, 1.807) is 50.6 Å². The van der Waals surface area contributed by atoms with Crippen molar-refractivity contribution in [3.8, 4) is 11.5 Å². The highest BCUT2D eigenvalue weighted by molar-refractivity contribution is 5.98. The monoisotopic (exact) mass is 545 g/mol. The Balaban J connectivity index is 1.40. The fraction of sp³-hybridized carbons (Fsp3) is 0.379. The first kappa shape index (κ1) is 27.2. The van der Waals surface area contributed by atoms with Crippen LogP contribution in [-0.2, 0) is 4.79 Å². The Labute approximate surface area is 234 Å². The Bertz CT molecular complexity index is 1390. The first-order chi connectivity index (χ1) is 19.4. The molecular weight excluding hydrogens is 510 g/mol. The molecule has 2 aliphatic heterocycles. The molecule has 0 radical (unpaired) electrons. The summed E-state index contributed by atoms with van der Waals surface area (Å²) in [7, 11) is 7.00. The maximum atomic E-state index is 12.9. The van der Waals surface area contributed by atoms with Gasteiger partial charge in [-0.15, -0.1) is 0 Å². The van der Waals surface area contributed by atoms with Crippen LogP contribution in [-0.4, -0.2) is 80.7 Å². The number of amides is 2. The molecule has 3 heterocycles. The number of aromatic nitrogens is 2. The van der Waals surface area contributed by atoms with Crippen LogP contribution in [0, 0.1) is 0 Å². The first-order valence-corrected chi connectivity index (χ1v) is 13.4. The van der Waals surface area contributed by atoms with E-state index in [0.29, 0.717) is 53.2 Å². The third-order valence-electron chi connectivity index (χ3n) is 7.42. The van der Waals surface area contributed by atoms with Crippen LogP contribution in [0.5, 0.6) is 11.5 Å². The fourth-order valence-electron chi connectivity index (χ4n) is 4.98. The van der Waals surface area contributed by atoms with E-state index in [4.69, 9.17) is 14.5 Å². The lowest BCUT2D eigenvalue weighted by Gasteiger charge is -2.29. The summed E-state index contributed by atoms with van der Waals surface area (Å²) in [6, 6.07) is 13.1. The number of nitrogens with one attached hydrogen (secondary N) is 2. The first-order valence-electron chi connectivity index (χ1n) is 13.4. The number of fused-ring (bicyclic) bond motifs is 1. The summed E-state index contributed by atoms with van der Waals surface area (Å²) in [5.74, 6) is 1.98. The molecule has 0 saturated carbocycles. The van der Waals surface area contributed by atoms with Gasteiger partial charge < -0.3 is 34.8 Å². The van der Waals surface area contributed by atoms with Crippen LogP contribution in [0.2, 0.25) is 0 Å². The van der Waals surface area contributed by atoms with Crippen LogP contribution >= 0.6 is 0 Å². The van der Waals surface area contributed by atoms with Gasteiger partial charge in [-0.2, -0.15) is 4.98 Å². The number of ether oxygens (including phenoxy) is 2. The molecule has 210 valence electrons. The number of carbonyl (C=O) groups excluding carboxylic acids is 2. The summed E-state index contributed by atoms with van der Waals surface area (Å²) in [4.78, 5) is 40.8. The number of rotatable bonds is 7. The topological polar surface area (TPSA) is 112 Å². The number of likely N-dealkylation sites (tertiary alicyclic amines) is 1. The van der Waals surface area contributed by atoms with Crippen LogP contribution in [0.4, 0.5) is 28.8 Å². The van der Waals surface area contributed by atoms with Crippen LogP contribution in [0.1, 0.15) is 29.6 Å². The Morgan fingerprint density at radius 3 is 2.58 bits per heavy atom. The van der Waals surface area contributed by atoms with Crippen molar-refractivity contribution in [1.29, 1.82) is 0 Å². The highest BCUT2D eigenvalue weighted by Gasteiger charge is 2.27. The van der Waals surface area contributed by atoms with E-state index < -0.39 is 0 Å². The van der Waals surface area contributed by atoms with E-state index in [9.17, 15) is 9.59 Å². The molecule has 1 fully saturated rings. The van der Waals surface area contributed by atoms with Crippen molar-refractivity contribution in [2.75, 3.05) is 63.1 Å². The predicted octanol–water partition coefficient (Wildman–Crippen LogP) is 3.57. The minimum Gasteiger partial charge on any atom is -0.497 e. The molecule has 0 atom stereocenters. The third kappa shape index (κ3) is 5.79. The van der Waals surface area contributed by atoms with Crippen LogP contribution in [0.3, 0.4) is 0 Å². The van der Waals surface area contributed by atoms with Gasteiger partial charge in [0.1, 0.15) is 17.2 Å². The number of hydrogen-bond acceptors (Lipinski definition) is 9. The van der Waals surface area contributed by atoms with Crippen molar-refractivity contribution < 1.29 is 19.1 Å². The number of piperidine rings is 1. The highest BCUT2D eigenvalue weighted by Crippen LogP contribution is 2.37. The molecule has 11 nitrogen and oxygen atoms in total. The number of benzene rings is 2. The summed E-state index contributed by atoms with van der Waals surface area (Å²) < 4.78 is 11.0. The van der Waals surface area contributed by atoms with E-state index in [0.717, 1.165) is 31.6 Å². The molecule has 11 heteroatoms. The van der Waals surface area contributed by atoms with E-state index in [2.05, 4.69) is 27.6 Å². The Hall–Kier alpha value is -4.38. The van der Waals surface area contributed by atoms with Gasteiger partial charge in [-0.3, -0.25) is 9.59 Å². The molecule has 0 bridgehead atoms. The SMILES string of the molecule is COc1cccc(N2CCC(=O)N(C)c3cnc(Nc4ccc(C(=O)NC5CCN(C)CC5)cc4OC)nc32)c1. The van der Waals surface area contributed by atoms with Gasteiger partial charge in [0.05, 0.1) is 26.1 Å². The third-order valence-corrected chi connectivity index (χ3v) is 7.42. The average molecular weight is 546 g/mol. The van der Waals surface area contributed by atoms with Gasteiger partial charge in [-0.25, -0.2) is 4.98 Å². The molecule has 0 unspecified atom stereocenters. The van der Waals surface area contributed by atoms with Crippen molar-refractivity contribution in [2.24, 2.45) is 0 Å². The lowest BCUT2D eigenvalue weighted by atomic mass is 10.0. The summed E-state index contributed by atoms with van der Waals surface area (Å²) in [5.41, 5.74) is 2.59. The van der Waals surface area contributed by atoms with E-state index in [1.807, 2.05) is 29.2 Å². The number of nitrogens with zero attached hydrogens (tertiary/aromatic N) is 5. The lowest BCUT2D eigenvalue weighted by Crippen LogP contribution is -2.43. The molecule has 2 aromatic carbocycles. The van der Waals surface area contributed by atoms with Crippen molar-refractivity contribution >= 4 is 40.6 Å². The molecule has 2 N–H and O–H groups in total. The Kier molecular flexibility index (Phi) is 8.01.